The highest BCUT2D eigenvalue weighted by Crippen LogP contribution is 2.23. The Hall–Kier alpha value is -2.88. The maximum atomic E-state index is 12.4. The second kappa shape index (κ2) is 5.01. The number of hydrogen-bond donors (Lipinski definition) is 1. The number of rotatable bonds is 2. The molecule has 1 aliphatic heterocycles. The van der Waals surface area contributed by atoms with E-state index in [2.05, 4.69) is 5.10 Å². The lowest BCUT2D eigenvalue weighted by atomic mass is 10.1. The van der Waals surface area contributed by atoms with Gasteiger partial charge >= 0.3 is 0 Å². The fraction of sp³-hybridized carbons (Fsp3) is 0. The molecule has 98 valence electrons. The lowest BCUT2D eigenvalue weighted by molar-refractivity contribution is -0.114. The zero-order valence-corrected chi connectivity index (χ0v) is 10.7. The Balaban J connectivity index is 1.96. The number of carbonyl (C=O) groups excluding carboxylic acids is 1. The maximum Gasteiger partial charge on any atom is 0.282 e. The predicted molar refractivity (Wildman–Crippen MR) is 80.0 cm³/mol. The van der Waals surface area contributed by atoms with E-state index in [0.29, 0.717) is 11.3 Å². The summed E-state index contributed by atoms with van der Waals surface area (Å²) >= 11 is 0. The van der Waals surface area contributed by atoms with Gasteiger partial charge in [-0.3, -0.25) is 4.79 Å². The number of nitrogens with zero attached hydrogens (tertiary/aromatic N) is 2. The normalized spacial score (nSPS) is 16.6. The molecule has 0 radical (unpaired) electrons. The van der Waals surface area contributed by atoms with Crippen molar-refractivity contribution >= 4 is 23.5 Å². The van der Waals surface area contributed by atoms with Crippen molar-refractivity contribution in [1.29, 1.82) is 0 Å². The average Bonchev–Trinajstić information content (AvgIpc) is 2.77. The summed E-state index contributed by atoms with van der Waals surface area (Å²) in [5.41, 5.74) is 7.91. The van der Waals surface area contributed by atoms with Gasteiger partial charge in [0.25, 0.3) is 5.91 Å². The third kappa shape index (κ3) is 2.19. The molecule has 0 aliphatic carbocycles. The van der Waals surface area contributed by atoms with Crippen LogP contribution in [0.3, 0.4) is 0 Å². The molecular weight excluding hydrogens is 250 g/mol. The van der Waals surface area contributed by atoms with Crippen LogP contribution >= 0.6 is 0 Å². The summed E-state index contributed by atoms with van der Waals surface area (Å²) in [6.45, 7) is 0. The smallest absolute Gasteiger partial charge is 0.282 e. The maximum absolute atomic E-state index is 12.4. The van der Waals surface area contributed by atoms with Gasteiger partial charge in [-0.1, -0.05) is 48.5 Å². The van der Waals surface area contributed by atoms with Crippen LogP contribution in [0.25, 0.3) is 6.08 Å². The van der Waals surface area contributed by atoms with Crippen molar-refractivity contribution in [1.82, 2.24) is 0 Å². The molecule has 1 heterocycles. The third-order valence-electron chi connectivity index (χ3n) is 3.02. The first-order valence-electron chi connectivity index (χ1n) is 6.26. The summed E-state index contributed by atoms with van der Waals surface area (Å²) in [4.78, 5) is 12.4. The Morgan fingerprint density at radius 2 is 1.55 bits per heavy atom. The predicted octanol–water partition coefficient (Wildman–Crippen LogP) is 2.39. The Morgan fingerprint density at radius 1 is 0.950 bits per heavy atom. The van der Waals surface area contributed by atoms with Crippen molar-refractivity contribution in [2.75, 3.05) is 5.01 Å². The second-order valence-corrected chi connectivity index (χ2v) is 4.41. The summed E-state index contributed by atoms with van der Waals surface area (Å²) < 4.78 is 0. The molecule has 0 fully saturated rings. The van der Waals surface area contributed by atoms with Crippen molar-refractivity contribution in [2.24, 2.45) is 10.8 Å². The number of para-hydroxylation sites is 1. The van der Waals surface area contributed by atoms with Crippen LogP contribution in [0.4, 0.5) is 5.69 Å². The summed E-state index contributed by atoms with van der Waals surface area (Å²) in [5, 5.41) is 5.45. The first kappa shape index (κ1) is 12.2. The lowest BCUT2D eigenvalue weighted by Gasteiger charge is -2.10. The van der Waals surface area contributed by atoms with Crippen LogP contribution in [0, 0.1) is 0 Å². The topological polar surface area (TPSA) is 58.7 Å². The number of amides is 1. The molecule has 0 saturated heterocycles. The Morgan fingerprint density at radius 3 is 2.20 bits per heavy atom. The number of hydrogen-bond acceptors (Lipinski definition) is 3. The molecule has 2 aromatic rings. The van der Waals surface area contributed by atoms with Crippen LogP contribution in [0.2, 0.25) is 0 Å². The van der Waals surface area contributed by atoms with Crippen LogP contribution in [0.1, 0.15) is 5.56 Å². The first-order chi connectivity index (χ1) is 9.75. The standard InChI is InChI=1S/C16H13N3O/c17-15-14(11-12-7-3-1-4-8-12)16(20)19(18-15)13-9-5-2-6-10-13/h1-11H,(H2,17,18)/b14-11-. The highest BCUT2D eigenvalue weighted by atomic mass is 16.2. The van der Waals surface area contributed by atoms with Crippen molar-refractivity contribution in [3.05, 3.63) is 71.8 Å². The van der Waals surface area contributed by atoms with Crippen LogP contribution in [-0.4, -0.2) is 11.7 Å². The van der Waals surface area contributed by atoms with Crippen LogP contribution in [0.5, 0.6) is 0 Å². The largest absolute Gasteiger partial charge is 0.382 e. The molecule has 0 saturated carbocycles. The molecule has 2 aromatic carbocycles. The van der Waals surface area contributed by atoms with Crippen molar-refractivity contribution < 1.29 is 4.79 Å². The summed E-state index contributed by atoms with van der Waals surface area (Å²) in [7, 11) is 0. The molecule has 0 atom stereocenters. The van der Waals surface area contributed by atoms with Gasteiger partial charge in [-0.25, -0.2) is 0 Å². The van der Waals surface area contributed by atoms with Gasteiger partial charge in [0.2, 0.25) is 0 Å². The zero-order valence-electron chi connectivity index (χ0n) is 10.7. The van der Waals surface area contributed by atoms with Crippen molar-refractivity contribution in [2.45, 2.75) is 0 Å². The third-order valence-corrected chi connectivity index (χ3v) is 3.02. The average molecular weight is 263 g/mol. The number of benzene rings is 2. The SMILES string of the molecule is NC1=NN(c2ccccc2)C(=O)/C1=C\c1ccccc1. The Bertz CT molecular complexity index is 690. The van der Waals surface area contributed by atoms with Crippen LogP contribution < -0.4 is 10.7 Å². The lowest BCUT2D eigenvalue weighted by Crippen LogP contribution is -2.22. The molecule has 1 aliphatic rings. The monoisotopic (exact) mass is 263 g/mol. The molecule has 0 spiro atoms. The number of nitrogens with two attached hydrogens (primary N) is 1. The van der Waals surface area contributed by atoms with E-state index in [1.807, 2.05) is 60.7 Å². The molecule has 0 bridgehead atoms. The molecule has 4 nitrogen and oxygen atoms in total. The summed E-state index contributed by atoms with van der Waals surface area (Å²) in [6, 6.07) is 18.8. The molecule has 4 heteroatoms. The van der Waals surface area contributed by atoms with Crippen LogP contribution in [0.15, 0.2) is 71.3 Å². The van der Waals surface area contributed by atoms with Gasteiger partial charge < -0.3 is 5.73 Å². The number of carbonyl (C=O) groups is 1. The van der Waals surface area contributed by atoms with Gasteiger partial charge in [-0.15, -0.1) is 5.10 Å². The molecule has 0 aromatic heterocycles. The van der Waals surface area contributed by atoms with Gasteiger partial charge in [0.15, 0.2) is 5.84 Å². The second-order valence-electron chi connectivity index (χ2n) is 4.41. The summed E-state index contributed by atoms with van der Waals surface area (Å²) in [6.07, 6.45) is 1.75. The number of amidine groups is 1. The van der Waals surface area contributed by atoms with Crippen LogP contribution in [-0.2, 0) is 4.79 Å². The van der Waals surface area contributed by atoms with Gasteiger partial charge in [-0.2, -0.15) is 5.01 Å². The molecule has 1 amide bonds. The highest BCUT2D eigenvalue weighted by Gasteiger charge is 2.29. The minimum Gasteiger partial charge on any atom is -0.382 e. The fourth-order valence-corrected chi connectivity index (χ4v) is 2.03. The molecule has 20 heavy (non-hydrogen) atoms. The molecule has 3 rings (SSSR count). The number of anilines is 1. The molecular formula is C16H13N3O. The van der Waals surface area contributed by atoms with E-state index in [1.165, 1.54) is 5.01 Å². The minimum atomic E-state index is -0.211. The van der Waals surface area contributed by atoms with E-state index in [1.54, 1.807) is 6.08 Å². The Kier molecular flexibility index (Phi) is 3.05. The Labute approximate surface area is 116 Å². The van der Waals surface area contributed by atoms with E-state index < -0.39 is 0 Å². The van der Waals surface area contributed by atoms with E-state index in [9.17, 15) is 4.79 Å². The van der Waals surface area contributed by atoms with Gasteiger partial charge in [-0.05, 0) is 23.8 Å². The van der Waals surface area contributed by atoms with E-state index in [4.69, 9.17) is 5.73 Å². The van der Waals surface area contributed by atoms with Gasteiger partial charge in [0.05, 0.1) is 11.3 Å². The number of hydrazone groups is 1. The summed E-state index contributed by atoms with van der Waals surface area (Å²) in [5.74, 6) is 0.0280. The zero-order chi connectivity index (χ0) is 13.9. The molecule has 2 N–H and O–H groups in total. The van der Waals surface area contributed by atoms with E-state index in [0.717, 1.165) is 5.56 Å². The quantitative estimate of drug-likeness (QED) is 0.846. The van der Waals surface area contributed by atoms with Crippen molar-refractivity contribution in [3.8, 4) is 0 Å². The van der Waals surface area contributed by atoms with E-state index >= 15 is 0 Å². The van der Waals surface area contributed by atoms with Gasteiger partial charge in [0, 0.05) is 0 Å². The van der Waals surface area contributed by atoms with E-state index in [-0.39, 0.29) is 11.7 Å². The molecule has 0 unspecified atom stereocenters. The fourth-order valence-electron chi connectivity index (χ4n) is 2.03. The minimum absolute atomic E-state index is 0.211. The first-order valence-corrected chi connectivity index (χ1v) is 6.26. The highest BCUT2D eigenvalue weighted by molar-refractivity contribution is 6.31. The van der Waals surface area contributed by atoms with Gasteiger partial charge in [0.1, 0.15) is 0 Å². The van der Waals surface area contributed by atoms with Crippen molar-refractivity contribution in [3.63, 3.8) is 0 Å².